The van der Waals surface area contributed by atoms with Crippen molar-refractivity contribution in [2.24, 2.45) is 0 Å². The van der Waals surface area contributed by atoms with E-state index in [1.165, 1.54) is 31.2 Å². The maximum atomic E-state index is 11.6. The van der Waals surface area contributed by atoms with E-state index in [1.54, 1.807) is 6.07 Å². The van der Waals surface area contributed by atoms with Gasteiger partial charge >= 0.3 is 0 Å². The SMILES string of the molecule is CCCc1c(OCCCOc2cc([N+](=O)[O-])ccc2C#N)ccc(C(C)=O)c1O. The second-order valence-electron chi connectivity index (χ2n) is 6.34. The third-order valence-corrected chi connectivity index (χ3v) is 4.22. The first-order valence-electron chi connectivity index (χ1n) is 9.19. The number of nitrogens with zero attached hydrogens (tertiary/aromatic N) is 2. The zero-order chi connectivity index (χ0) is 21.4. The van der Waals surface area contributed by atoms with Crippen LogP contribution in [0.4, 0.5) is 5.69 Å². The molecule has 8 nitrogen and oxygen atoms in total. The van der Waals surface area contributed by atoms with Gasteiger partial charge in [-0.25, -0.2) is 0 Å². The molecule has 2 rings (SSSR count). The Morgan fingerprint density at radius 3 is 2.48 bits per heavy atom. The summed E-state index contributed by atoms with van der Waals surface area (Å²) in [6.45, 7) is 3.82. The maximum Gasteiger partial charge on any atom is 0.273 e. The van der Waals surface area contributed by atoms with Crippen molar-refractivity contribution < 1.29 is 24.3 Å². The number of ether oxygens (including phenoxy) is 2. The molecule has 0 saturated carbocycles. The number of hydrogen-bond acceptors (Lipinski definition) is 7. The van der Waals surface area contributed by atoms with Crippen LogP contribution < -0.4 is 9.47 Å². The number of carbonyl (C=O) groups is 1. The van der Waals surface area contributed by atoms with Gasteiger partial charge in [0.1, 0.15) is 23.3 Å². The Morgan fingerprint density at radius 1 is 1.21 bits per heavy atom. The molecular weight excluding hydrogens is 376 g/mol. The van der Waals surface area contributed by atoms with E-state index in [4.69, 9.17) is 14.7 Å². The summed E-state index contributed by atoms with van der Waals surface area (Å²) in [6, 6.07) is 8.95. The van der Waals surface area contributed by atoms with Crippen molar-refractivity contribution in [3.63, 3.8) is 0 Å². The predicted octanol–water partition coefficient (Wildman–Crippen LogP) is 4.18. The summed E-state index contributed by atoms with van der Waals surface area (Å²) in [5.74, 6) is 0.382. The second kappa shape index (κ2) is 10.1. The van der Waals surface area contributed by atoms with Crippen molar-refractivity contribution in [1.29, 1.82) is 5.26 Å². The predicted molar refractivity (Wildman–Crippen MR) is 106 cm³/mol. The first kappa shape index (κ1) is 21.7. The van der Waals surface area contributed by atoms with E-state index in [9.17, 15) is 20.0 Å². The number of ketones is 1. The molecule has 0 unspecified atom stereocenters. The van der Waals surface area contributed by atoms with Crippen molar-refractivity contribution in [3.8, 4) is 23.3 Å². The molecule has 2 aromatic rings. The van der Waals surface area contributed by atoms with Gasteiger partial charge in [-0.3, -0.25) is 14.9 Å². The van der Waals surface area contributed by atoms with Crippen molar-refractivity contribution >= 4 is 11.5 Å². The van der Waals surface area contributed by atoms with Crippen molar-refractivity contribution in [2.45, 2.75) is 33.1 Å². The highest BCUT2D eigenvalue weighted by Gasteiger charge is 2.16. The Kier molecular flexibility index (Phi) is 7.54. The van der Waals surface area contributed by atoms with Gasteiger partial charge < -0.3 is 14.6 Å². The highest BCUT2D eigenvalue weighted by molar-refractivity contribution is 5.97. The Hall–Kier alpha value is -3.60. The lowest BCUT2D eigenvalue weighted by Crippen LogP contribution is -2.08. The first-order chi connectivity index (χ1) is 13.9. The standard InChI is InChI=1S/C21H22N2O6/c1-3-5-18-19(9-8-17(14(2)24)21(18)25)28-10-4-11-29-20-12-16(23(26)27)7-6-15(20)13-22/h6-9,12,25H,3-5,10-11H2,1-2H3. The molecule has 0 heterocycles. The molecule has 2 aromatic carbocycles. The van der Waals surface area contributed by atoms with Crippen LogP contribution in [0.1, 0.15) is 48.2 Å². The van der Waals surface area contributed by atoms with E-state index in [1.807, 2.05) is 13.0 Å². The van der Waals surface area contributed by atoms with Gasteiger partial charge in [0.15, 0.2) is 5.78 Å². The number of hydrogen-bond donors (Lipinski definition) is 1. The Bertz CT molecular complexity index is 949. The topological polar surface area (TPSA) is 123 Å². The molecule has 0 atom stereocenters. The van der Waals surface area contributed by atoms with Crippen molar-refractivity contribution in [3.05, 3.63) is 57.1 Å². The molecule has 0 fully saturated rings. The van der Waals surface area contributed by atoms with Crippen LogP contribution in [0.5, 0.6) is 17.2 Å². The zero-order valence-corrected chi connectivity index (χ0v) is 16.3. The summed E-state index contributed by atoms with van der Waals surface area (Å²) < 4.78 is 11.2. The number of carbonyl (C=O) groups excluding carboxylic acids is 1. The summed E-state index contributed by atoms with van der Waals surface area (Å²) in [5, 5.41) is 30.3. The molecular formula is C21H22N2O6. The Morgan fingerprint density at radius 2 is 1.90 bits per heavy atom. The number of benzene rings is 2. The molecule has 0 aliphatic heterocycles. The largest absolute Gasteiger partial charge is 0.507 e. The number of nitriles is 1. The molecule has 29 heavy (non-hydrogen) atoms. The van der Waals surface area contributed by atoms with Gasteiger partial charge in [0.25, 0.3) is 5.69 Å². The number of phenolic OH excluding ortho intramolecular Hbond substituents is 1. The average Bonchev–Trinajstić information content (AvgIpc) is 2.69. The third kappa shape index (κ3) is 5.45. The van der Waals surface area contributed by atoms with Crippen LogP contribution in [0.25, 0.3) is 0 Å². The quantitative estimate of drug-likeness (QED) is 0.276. The molecule has 0 aliphatic rings. The number of aromatic hydroxyl groups is 1. The minimum atomic E-state index is -0.552. The van der Waals surface area contributed by atoms with Gasteiger partial charge in [-0.05, 0) is 31.5 Å². The average molecular weight is 398 g/mol. The van der Waals surface area contributed by atoms with Gasteiger partial charge in [0.2, 0.25) is 0 Å². The van der Waals surface area contributed by atoms with Gasteiger partial charge in [0.05, 0.1) is 35.3 Å². The Balaban J connectivity index is 1.99. The number of nitro benzene ring substituents is 1. The summed E-state index contributed by atoms with van der Waals surface area (Å²) >= 11 is 0. The molecule has 0 spiro atoms. The number of Topliss-reactive ketones (excluding diaryl/α,β-unsaturated/α-hetero) is 1. The van der Waals surface area contributed by atoms with E-state index in [0.717, 1.165) is 6.42 Å². The number of rotatable bonds is 10. The molecule has 1 N–H and O–H groups in total. The third-order valence-electron chi connectivity index (χ3n) is 4.22. The molecule has 0 saturated heterocycles. The lowest BCUT2D eigenvalue weighted by Gasteiger charge is -2.15. The van der Waals surface area contributed by atoms with Crippen LogP contribution >= 0.6 is 0 Å². The van der Waals surface area contributed by atoms with Crippen molar-refractivity contribution in [1.82, 2.24) is 0 Å². The monoisotopic (exact) mass is 398 g/mol. The fourth-order valence-corrected chi connectivity index (χ4v) is 2.79. The minimum Gasteiger partial charge on any atom is -0.507 e. The molecule has 0 aliphatic carbocycles. The lowest BCUT2D eigenvalue weighted by atomic mass is 10.0. The van der Waals surface area contributed by atoms with Crippen molar-refractivity contribution in [2.75, 3.05) is 13.2 Å². The molecule has 0 radical (unpaired) electrons. The molecule has 152 valence electrons. The fourth-order valence-electron chi connectivity index (χ4n) is 2.79. The molecule has 0 aromatic heterocycles. The highest BCUT2D eigenvalue weighted by atomic mass is 16.6. The summed E-state index contributed by atoms with van der Waals surface area (Å²) in [4.78, 5) is 21.9. The lowest BCUT2D eigenvalue weighted by molar-refractivity contribution is -0.384. The van der Waals surface area contributed by atoms with Crippen LogP contribution in [0, 0.1) is 21.4 Å². The van der Waals surface area contributed by atoms with Gasteiger partial charge in [-0.15, -0.1) is 0 Å². The maximum absolute atomic E-state index is 11.6. The van der Waals surface area contributed by atoms with Crippen LogP contribution in [0.3, 0.4) is 0 Å². The van der Waals surface area contributed by atoms with Crippen LogP contribution in [0.15, 0.2) is 30.3 Å². The minimum absolute atomic E-state index is 0.0524. The van der Waals surface area contributed by atoms with Gasteiger partial charge in [0, 0.05) is 18.1 Å². The van der Waals surface area contributed by atoms with E-state index in [2.05, 4.69) is 0 Å². The summed E-state index contributed by atoms with van der Waals surface area (Å²) in [7, 11) is 0. The van der Waals surface area contributed by atoms with E-state index >= 15 is 0 Å². The first-order valence-corrected chi connectivity index (χ1v) is 9.19. The molecule has 0 amide bonds. The number of nitro groups is 1. The van der Waals surface area contributed by atoms with Crippen LogP contribution in [0.2, 0.25) is 0 Å². The highest BCUT2D eigenvalue weighted by Crippen LogP contribution is 2.33. The van der Waals surface area contributed by atoms with E-state index < -0.39 is 4.92 Å². The van der Waals surface area contributed by atoms with E-state index in [0.29, 0.717) is 24.2 Å². The normalized spacial score (nSPS) is 10.2. The second-order valence-corrected chi connectivity index (χ2v) is 6.34. The Labute approximate surface area is 168 Å². The van der Waals surface area contributed by atoms with Gasteiger partial charge in [-0.2, -0.15) is 5.26 Å². The van der Waals surface area contributed by atoms with Crippen LogP contribution in [-0.4, -0.2) is 29.0 Å². The smallest absolute Gasteiger partial charge is 0.273 e. The molecule has 8 heteroatoms. The molecule has 0 bridgehead atoms. The number of phenols is 1. The zero-order valence-electron chi connectivity index (χ0n) is 16.3. The van der Waals surface area contributed by atoms with Crippen LogP contribution in [-0.2, 0) is 6.42 Å². The summed E-state index contributed by atoms with van der Waals surface area (Å²) in [6.07, 6.45) is 1.80. The summed E-state index contributed by atoms with van der Waals surface area (Å²) in [5.41, 5.74) is 0.914. The number of non-ortho nitro benzene ring substituents is 1. The van der Waals surface area contributed by atoms with E-state index in [-0.39, 0.29) is 47.3 Å². The van der Waals surface area contributed by atoms with Gasteiger partial charge in [-0.1, -0.05) is 13.3 Å². The fraction of sp³-hybridized carbons (Fsp3) is 0.333.